The van der Waals surface area contributed by atoms with Gasteiger partial charge in [0.1, 0.15) is 0 Å². The van der Waals surface area contributed by atoms with Crippen molar-refractivity contribution >= 4 is 31.9 Å². The van der Waals surface area contributed by atoms with E-state index in [9.17, 15) is 8.78 Å². The molecule has 0 spiro atoms. The highest BCUT2D eigenvalue weighted by Crippen LogP contribution is 2.15. The lowest BCUT2D eigenvalue weighted by Gasteiger charge is -1.93. The normalized spacial score (nSPS) is 20.0. The first kappa shape index (κ1) is 6.82. The van der Waals surface area contributed by atoms with Gasteiger partial charge in [-0.05, 0) is 31.9 Å². The van der Waals surface area contributed by atoms with E-state index in [0.717, 1.165) is 0 Å². The van der Waals surface area contributed by atoms with Crippen LogP contribution in [-0.2, 0) is 0 Å². The molecule has 0 aliphatic rings. The maximum atomic E-state index is 11.3. The van der Waals surface area contributed by atoms with E-state index >= 15 is 0 Å². The first-order chi connectivity index (χ1) is 2.64. The summed E-state index contributed by atoms with van der Waals surface area (Å²) in [5.41, 5.74) is 0. The molecule has 6 heavy (non-hydrogen) atoms. The van der Waals surface area contributed by atoms with Crippen molar-refractivity contribution in [1.82, 2.24) is 0 Å². The van der Waals surface area contributed by atoms with Gasteiger partial charge in [-0.2, -0.15) is 0 Å². The van der Waals surface area contributed by atoms with Gasteiger partial charge in [0.15, 0.2) is 10.2 Å². The molecule has 0 bridgehead atoms. The summed E-state index contributed by atoms with van der Waals surface area (Å²) < 4.78 is 22.6. The second kappa shape index (κ2) is 2.91. The average Bonchev–Trinajstić information content (AvgIpc) is 1.36. The zero-order valence-corrected chi connectivity index (χ0v) is 5.84. The second-order valence-corrected chi connectivity index (χ2v) is 2.42. The van der Waals surface area contributed by atoms with E-state index in [-0.39, 0.29) is 0 Å². The molecule has 0 radical (unpaired) electrons. The zero-order valence-electron chi connectivity index (χ0n) is 2.67. The minimum atomic E-state index is -1.59. The molecular weight excluding hydrogens is 222 g/mol. The molecule has 0 aliphatic carbocycles. The maximum absolute atomic E-state index is 11.3. The number of hydrogen-bond acceptors (Lipinski definition) is 0. The molecule has 0 aromatic heterocycles. The van der Waals surface area contributed by atoms with E-state index in [0.29, 0.717) is 0 Å². The van der Waals surface area contributed by atoms with Crippen LogP contribution in [0.1, 0.15) is 0 Å². The Balaban J connectivity index is 2.99. The van der Waals surface area contributed by atoms with Gasteiger partial charge in [-0.3, -0.25) is 0 Å². The predicted octanol–water partition coefficient (Wildman–Crippen LogP) is 2.37. The molecule has 0 saturated heterocycles. The summed E-state index contributed by atoms with van der Waals surface area (Å²) in [6.45, 7) is 0. The second-order valence-electron chi connectivity index (χ2n) is 0.669. The molecule has 0 aromatic rings. The summed E-state index contributed by atoms with van der Waals surface area (Å²) in [5.74, 6) is 0. The van der Waals surface area contributed by atoms with Crippen LogP contribution in [-0.4, -0.2) is 10.2 Å². The van der Waals surface area contributed by atoms with Gasteiger partial charge >= 0.3 is 0 Å². The van der Waals surface area contributed by atoms with E-state index in [1.807, 2.05) is 0 Å². The third kappa shape index (κ3) is 3.03. The summed E-state index contributed by atoms with van der Waals surface area (Å²) >= 11 is 4.70. The monoisotopic (exact) mass is 222 g/mol. The number of alkyl halides is 4. The molecule has 0 nitrogen and oxygen atoms in total. The van der Waals surface area contributed by atoms with E-state index in [1.54, 1.807) is 0 Å². The van der Waals surface area contributed by atoms with E-state index in [1.165, 1.54) is 0 Å². The van der Waals surface area contributed by atoms with Crippen molar-refractivity contribution in [3.8, 4) is 0 Å². The van der Waals surface area contributed by atoms with Crippen molar-refractivity contribution in [2.75, 3.05) is 0 Å². The molecule has 0 amide bonds. The summed E-state index contributed by atoms with van der Waals surface area (Å²) in [4.78, 5) is 0. The van der Waals surface area contributed by atoms with Crippen LogP contribution in [0, 0.1) is 0 Å². The third-order valence-corrected chi connectivity index (χ3v) is 1.83. The van der Waals surface area contributed by atoms with Crippen LogP contribution < -0.4 is 0 Å². The Kier molecular flexibility index (Phi) is 3.30. The molecule has 0 saturated carbocycles. The Morgan fingerprint density at radius 1 is 1.00 bits per heavy atom. The van der Waals surface area contributed by atoms with Crippen molar-refractivity contribution in [2.45, 2.75) is 10.2 Å². The molecule has 0 rings (SSSR count). The van der Waals surface area contributed by atoms with Crippen LogP contribution >= 0.6 is 31.9 Å². The van der Waals surface area contributed by atoms with Crippen LogP contribution in [0.4, 0.5) is 8.78 Å². The van der Waals surface area contributed by atoms with Crippen molar-refractivity contribution in [2.24, 2.45) is 0 Å². The van der Waals surface area contributed by atoms with Gasteiger partial charge in [0.25, 0.3) is 0 Å². The fourth-order valence-electron chi connectivity index (χ4n) is 0. The van der Waals surface area contributed by atoms with Crippen LogP contribution in [0.3, 0.4) is 0 Å². The molecule has 0 N–H and O–H groups in total. The average molecular weight is 224 g/mol. The van der Waals surface area contributed by atoms with Gasteiger partial charge < -0.3 is 0 Å². The van der Waals surface area contributed by atoms with Crippen LogP contribution in [0.25, 0.3) is 0 Å². The van der Waals surface area contributed by atoms with E-state index in [2.05, 4.69) is 31.9 Å². The van der Waals surface area contributed by atoms with Gasteiger partial charge in [0.05, 0.1) is 0 Å². The minimum absolute atomic E-state index is 1.59. The summed E-state index contributed by atoms with van der Waals surface area (Å²) in [6, 6.07) is 0. The fraction of sp³-hybridized carbons (Fsp3) is 1.00. The highest BCUT2D eigenvalue weighted by molar-refractivity contribution is 9.12. The zero-order chi connectivity index (χ0) is 5.15. The van der Waals surface area contributed by atoms with Crippen molar-refractivity contribution in [3.05, 3.63) is 0 Å². The largest absolute Gasteiger partial charge is 0.231 e. The summed E-state index contributed by atoms with van der Waals surface area (Å²) in [7, 11) is 0. The lowest BCUT2D eigenvalue weighted by Crippen LogP contribution is -1.98. The van der Waals surface area contributed by atoms with Crippen LogP contribution in [0.15, 0.2) is 0 Å². The first-order valence-corrected chi connectivity index (χ1v) is 3.04. The summed E-state index contributed by atoms with van der Waals surface area (Å²) in [6.07, 6.45) is 0. The van der Waals surface area contributed by atoms with Crippen LogP contribution in [0.2, 0.25) is 0 Å². The fourth-order valence-corrected chi connectivity index (χ4v) is 0. The molecule has 4 heteroatoms. The van der Waals surface area contributed by atoms with E-state index in [4.69, 9.17) is 0 Å². The Hall–Kier alpha value is 0.820. The van der Waals surface area contributed by atoms with Gasteiger partial charge in [0.2, 0.25) is 0 Å². The van der Waals surface area contributed by atoms with Crippen molar-refractivity contribution in [1.29, 1.82) is 0 Å². The molecule has 0 fully saturated rings. The number of hydrogen-bond donors (Lipinski definition) is 0. The first-order valence-electron chi connectivity index (χ1n) is 1.21. The standard InChI is InChI=1S/C2H2Br2F2/c3-1(5)2(4)6/h1-2H. The maximum Gasteiger partial charge on any atom is 0.195 e. The van der Waals surface area contributed by atoms with E-state index < -0.39 is 10.2 Å². The van der Waals surface area contributed by atoms with Gasteiger partial charge in [-0.15, -0.1) is 0 Å². The minimum Gasteiger partial charge on any atom is -0.231 e. The van der Waals surface area contributed by atoms with Crippen molar-refractivity contribution < 1.29 is 8.78 Å². The van der Waals surface area contributed by atoms with Gasteiger partial charge in [0, 0.05) is 0 Å². The molecule has 2 atom stereocenters. The lowest BCUT2D eigenvalue weighted by molar-refractivity contribution is 0.330. The smallest absolute Gasteiger partial charge is 0.195 e. The Morgan fingerprint density at radius 2 is 1.17 bits per heavy atom. The highest BCUT2D eigenvalue weighted by atomic mass is 79.9. The Labute approximate surface area is 51.2 Å². The van der Waals surface area contributed by atoms with Gasteiger partial charge in [-0.1, -0.05) is 0 Å². The molecule has 0 aromatic carbocycles. The van der Waals surface area contributed by atoms with Crippen molar-refractivity contribution in [3.63, 3.8) is 0 Å². The molecular formula is C2H2Br2F2. The molecule has 0 aliphatic heterocycles. The number of halogens is 4. The number of rotatable bonds is 1. The predicted molar refractivity (Wildman–Crippen MR) is 27.6 cm³/mol. The third-order valence-electron chi connectivity index (χ3n) is 0.190. The van der Waals surface area contributed by atoms with Gasteiger partial charge in [-0.25, -0.2) is 8.78 Å². The Morgan fingerprint density at radius 3 is 1.17 bits per heavy atom. The summed E-state index contributed by atoms with van der Waals surface area (Å²) in [5, 5.41) is -3.17. The Bertz CT molecular complexity index is 30.5. The molecule has 38 valence electrons. The quantitative estimate of drug-likeness (QED) is 0.599. The highest BCUT2D eigenvalue weighted by Gasteiger charge is 2.10. The molecule has 0 heterocycles. The lowest BCUT2D eigenvalue weighted by atomic mass is 10.9. The molecule has 2 unspecified atom stereocenters. The SMILES string of the molecule is FC(Br)C(F)Br. The topological polar surface area (TPSA) is 0 Å². The van der Waals surface area contributed by atoms with Crippen LogP contribution in [0.5, 0.6) is 0 Å².